The van der Waals surface area contributed by atoms with Gasteiger partial charge in [0.25, 0.3) is 0 Å². The van der Waals surface area contributed by atoms with Crippen LogP contribution in [0.15, 0.2) is 0 Å². The zero-order chi connectivity index (χ0) is 15.2. The molecule has 0 bridgehead atoms. The van der Waals surface area contributed by atoms with E-state index in [4.69, 9.17) is 0 Å². The predicted octanol–water partition coefficient (Wildman–Crippen LogP) is 0.226. The topological polar surface area (TPSA) is 69.7 Å². The average Bonchev–Trinajstić information content (AvgIpc) is 2.39. The molecule has 1 N–H and O–H groups in total. The number of nitrogens with one attached hydrogen (secondary N) is 1. The molecule has 0 aliphatic rings. The van der Waals surface area contributed by atoms with Crippen LogP contribution in [0.5, 0.6) is 0 Å². The summed E-state index contributed by atoms with van der Waals surface area (Å²) in [4.78, 5) is 38.3. The fourth-order valence-corrected chi connectivity index (χ4v) is 2.02. The predicted molar refractivity (Wildman–Crippen MR) is 73.4 cm³/mol. The van der Waals surface area contributed by atoms with Crippen LogP contribution in [0.1, 0.15) is 33.6 Å². The Labute approximate surface area is 115 Å². The lowest BCUT2D eigenvalue weighted by molar-refractivity contribution is -0.146. The van der Waals surface area contributed by atoms with Crippen molar-refractivity contribution in [3.63, 3.8) is 0 Å². The Bertz CT molecular complexity index is 344. The monoisotopic (exact) mass is 271 g/mol. The van der Waals surface area contributed by atoms with Gasteiger partial charge >= 0.3 is 0 Å². The van der Waals surface area contributed by atoms with Crippen molar-refractivity contribution in [2.24, 2.45) is 0 Å². The number of carbonyl (C=O) groups excluding carboxylic acids is 3. The molecule has 0 fully saturated rings. The van der Waals surface area contributed by atoms with Gasteiger partial charge in [-0.1, -0.05) is 13.8 Å². The van der Waals surface area contributed by atoms with E-state index >= 15 is 0 Å². The van der Waals surface area contributed by atoms with Crippen LogP contribution in [0.4, 0.5) is 0 Å². The van der Waals surface area contributed by atoms with Gasteiger partial charge in [-0.05, 0) is 12.8 Å². The lowest BCUT2D eigenvalue weighted by atomic mass is 10.1. The number of hydrogen-bond donors (Lipinski definition) is 1. The van der Waals surface area contributed by atoms with Crippen molar-refractivity contribution >= 4 is 17.7 Å². The zero-order valence-electron chi connectivity index (χ0n) is 12.7. The molecule has 0 aromatic rings. The Morgan fingerprint density at radius 3 is 1.79 bits per heavy atom. The lowest BCUT2D eigenvalue weighted by Gasteiger charge is -2.33. The van der Waals surface area contributed by atoms with Gasteiger partial charge in [-0.15, -0.1) is 0 Å². The smallest absolute Gasteiger partial charge is 0.245 e. The van der Waals surface area contributed by atoms with E-state index in [-0.39, 0.29) is 17.7 Å². The highest BCUT2D eigenvalue weighted by molar-refractivity contribution is 5.91. The normalized spacial score (nSPS) is 13.4. The van der Waals surface area contributed by atoms with E-state index in [1.165, 1.54) is 16.7 Å². The molecule has 0 aliphatic heterocycles. The highest BCUT2D eigenvalue weighted by Gasteiger charge is 2.31. The SMILES string of the molecule is CCC(C(=O)N(C)C(CC)C(=O)NC)N(C)C(C)=O. The molecular weight excluding hydrogens is 246 g/mol. The second-order valence-corrected chi connectivity index (χ2v) is 4.54. The van der Waals surface area contributed by atoms with Gasteiger partial charge in [0, 0.05) is 28.1 Å². The van der Waals surface area contributed by atoms with Crippen molar-refractivity contribution in [3.8, 4) is 0 Å². The Morgan fingerprint density at radius 2 is 1.47 bits per heavy atom. The van der Waals surface area contributed by atoms with Crippen molar-refractivity contribution < 1.29 is 14.4 Å². The van der Waals surface area contributed by atoms with Crippen molar-refractivity contribution in [2.75, 3.05) is 21.1 Å². The van der Waals surface area contributed by atoms with Crippen LogP contribution < -0.4 is 5.32 Å². The molecule has 3 amide bonds. The molecule has 0 spiro atoms. The molecule has 6 heteroatoms. The van der Waals surface area contributed by atoms with E-state index < -0.39 is 12.1 Å². The molecule has 0 aromatic carbocycles. The summed E-state index contributed by atoms with van der Waals surface area (Å²) in [5, 5.41) is 2.55. The first-order valence-electron chi connectivity index (χ1n) is 6.53. The van der Waals surface area contributed by atoms with Crippen molar-refractivity contribution in [3.05, 3.63) is 0 Å². The molecule has 6 nitrogen and oxygen atoms in total. The summed E-state index contributed by atoms with van der Waals surface area (Å²) in [6.45, 7) is 5.11. The highest BCUT2D eigenvalue weighted by Crippen LogP contribution is 2.10. The lowest BCUT2D eigenvalue weighted by Crippen LogP contribution is -2.53. The summed E-state index contributed by atoms with van der Waals surface area (Å²) >= 11 is 0. The molecule has 0 radical (unpaired) electrons. The van der Waals surface area contributed by atoms with Gasteiger partial charge < -0.3 is 15.1 Å². The molecule has 0 aromatic heterocycles. The highest BCUT2D eigenvalue weighted by atomic mass is 16.2. The quantitative estimate of drug-likeness (QED) is 0.751. The first kappa shape index (κ1) is 17.4. The van der Waals surface area contributed by atoms with Gasteiger partial charge in [0.05, 0.1) is 0 Å². The number of rotatable bonds is 6. The standard InChI is InChI=1S/C13H25N3O3/c1-7-10(12(18)14-4)16(6)13(19)11(8-2)15(5)9(3)17/h10-11H,7-8H2,1-6H3,(H,14,18). The van der Waals surface area contributed by atoms with Gasteiger partial charge in [0.1, 0.15) is 12.1 Å². The molecular formula is C13H25N3O3. The van der Waals surface area contributed by atoms with Crippen LogP contribution in [0.2, 0.25) is 0 Å². The molecule has 110 valence electrons. The Morgan fingerprint density at radius 1 is 1.00 bits per heavy atom. The van der Waals surface area contributed by atoms with Crippen LogP contribution in [0.3, 0.4) is 0 Å². The third kappa shape index (κ3) is 4.22. The van der Waals surface area contributed by atoms with E-state index in [0.29, 0.717) is 12.8 Å². The summed E-state index contributed by atoms with van der Waals surface area (Å²) in [5.74, 6) is -0.573. The minimum absolute atomic E-state index is 0.165. The Hall–Kier alpha value is -1.59. The second-order valence-electron chi connectivity index (χ2n) is 4.54. The first-order chi connectivity index (χ1) is 8.81. The van der Waals surface area contributed by atoms with Gasteiger partial charge in [-0.2, -0.15) is 0 Å². The largest absolute Gasteiger partial charge is 0.357 e. The maximum absolute atomic E-state index is 12.4. The first-order valence-corrected chi connectivity index (χ1v) is 6.53. The van der Waals surface area contributed by atoms with Crippen molar-refractivity contribution in [2.45, 2.75) is 45.7 Å². The molecule has 0 heterocycles. The number of nitrogens with zero attached hydrogens (tertiary/aromatic N) is 2. The van der Waals surface area contributed by atoms with E-state index in [2.05, 4.69) is 5.32 Å². The van der Waals surface area contributed by atoms with Crippen LogP contribution >= 0.6 is 0 Å². The molecule has 0 rings (SSSR count). The fraction of sp³-hybridized carbons (Fsp3) is 0.769. The molecule has 2 unspecified atom stereocenters. The summed E-state index contributed by atoms with van der Waals surface area (Å²) in [5.41, 5.74) is 0. The van der Waals surface area contributed by atoms with E-state index in [9.17, 15) is 14.4 Å². The fourth-order valence-electron chi connectivity index (χ4n) is 2.02. The second kappa shape index (κ2) is 7.76. The maximum Gasteiger partial charge on any atom is 0.245 e. The van der Waals surface area contributed by atoms with Crippen molar-refractivity contribution in [1.29, 1.82) is 0 Å². The van der Waals surface area contributed by atoms with E-state index in [0.717, 1.165) is 0 Å². The molecule has 0 aliphatic carbocycles. The minimum atomic E-state index is -0.527. The van der Waals surface area contributed by atoms with Crippen LogP contribution in [0, 0.1) is 0 Å². The Balaban J connectivity index is 5.04. The molecule has 2 atom stereocenters. The summed E-state index contributed by atoms with van der Waals surface area (Å²) < 4.78 is 0. The number of amides is 3. The van der Waals surface area contributed by atoms with Gasteiger partial charge in [-0.25, -0.2) is 0 Å². The van der Waals surface area contributed by atoms with Crippen LogP contribution in [-0.2, 0) is 14.4 Å². The number of carbonyl (C=O) groups is 3. The third-order valence-electron chi connectivity index (χ3n) is 3.39. The number of likely N-dealkylation sites (N-methyl/N-ethyl adjacent to an activating group) is 3. The van der Waals surface area contributed by atoms with Gasteiger partial charge in [0.15, 0.2) is 0 Å². The van der Waals surface area contributed by atoms with Crippen LogP contribution in [0.25, 0.3) is 0 Å². The molecule has 19 heavy (non-hydrogen) atoms. The molecule has 0 saturated heterocycles. The summed E-state index contributed by atoms with van der Waals surface area (Å²) in [7, 11) is 4.74. The van der Waals surface area contributed by atoms with E-state index in [1.807, 2.05) is 13.8 Å². The zero-order valence-corrected chi connectivity index (χ0v) is 12.7. The summed E-state index contributed by atoms with van der Waals surface area (Å²) in [6, 6.07) is -1.03. The van der Waals surface area contributed by atoms with Crippen LogP contribution in [-0.4, -0.2) is 60.7 Å². The summed E-state index contributed by atoms with van der Waals surface area (Å²) in [6.07, 6.45) is 1.05. The molecule has 0 saturated carbocycles. The average molecular weight is 271 g/mol. The number of hydrogen-bond acceptors (Lipinski definition) is 3. The minimum Gasteiger partial charge on any atom is -0.357 e. The van der Waals surface area contributed by atoms with Crippen molar-refractivity contribution in [1.82, 2.24) is 15.1 Å². The van der Waals surface area contributed by atoms with Gasteiger partial charge in [0.2, 0.25) is 17.7 Å². The third-order valence-corrected chi connectivity index (χ3v) is 3.39. The maximum atomic E-state index is 12.4. The van der Waals surface area contributed by atoms with E-state index in [1.54, 1.807) is 21.1 Å². The Kier molecular flexibility index (Phi) is 7.11. The van der Waals surface area contributed by atoms with Gasteiger partial charge in [-0.3, -0.25) is 14.4 Å².